The van der Waals surface area contributed by atoms with E-state index in [1.165, 1.54) is 32.1 Å². The van der Waals surface area contributed by atoms with Crippen molar-refractivity contribution in [1.29, 1.82) is 0 Å². The summed E-state index contributed by atoms with van der Waals surface area (Å²) < 4.78 is 23.1. The van der Waals surface area contributed by atoms with Gasteiger partial charge in [-0.2, -0.15) is 0 Å². The average Bonchev–Trinajstić information content (AvgIpc) is 2.40. The summed E-state index contributed by atoms with van der Waals surface area (Å²) in [5, 5.41) is 8.68. The fourth-order valence-electron chi connectivity index (χ4n) is 3.01. The summed E-state index contributed by atoms with van der Waals surface area (Å²) in [7, 11) is -3.66. The monoisotopic (exact) mass is 296 g/mol. The van der Waals surface area contributed by atoms with Gasteiger partial charge in [-0.3, -0.25) is 0 Å². The minimum Gasteiger partial charge on any atom is -0.382 e. The van der Waals surface area contributed by atoms with Gasteiger partial charge in [0.25, 0.3) is 0 Å². The summed E-state index contributed by atoms with van der Waals surface area (Å²) in [5.41, 5.74) is 1.51. The van der Waals surface area contributed by atoms with Crippen LogP contribution in [-0.2, 0) is 10.0 Å². The van der Waals surface area contributed by atoms with E-state index in [0.717, 1.165) is 5.69 Å². The van der Waals surface area contributed by atoms with Crippen molar-refractivity contribution in [2.45, 2.75) is 56.9 Å². The Labute approximate surface area is 121 Å². The van der Waals surface area contributed by atoms with Crippen LogP contribution in [0.1, 0.15) is 44.6 Å². The molecule has 0 radical (unpaired) electrons. The minimum atomic E-state index is -3.66. The van der Waals surface area contributed by atoms with E-state index in [-0.39, 0.29) is 4.90 Å². The number of primary sulfonamides is 1. The number of rotatable bonds is 4. The normalized spacial score (nSPS) is 18.8. The summed E-state index contributed by atoms with van der Waals surface area (Å²) in [4.78, 5) is 0.207. The molecule has 20 heavy (non-hydrogen) atoms. The molecule has 5 heteroatoms. The van der Waals surface area contributed by atoms with Gasteiger partial charge in [-0.25, -0.2) is 13.6 Å². The van der Waals surface area contributed by atoms with Crippen LogP contribution in [0.15, 0.2) is 23.1 Å². The van der Waals surface area contributed by atoms with Crippen LogP contribution in [0, 0.1) is 12.8 Å². The number of sulfonamides is 1. The zero-order valence-corrected chi connectivity index (χ0v) is 13.0. The van der Waals surface area contributed by atoms with Crippen molar-refractivity contribution in [3.8, 4) is 0 Å². The molecule has 1 saturated carbocycles. The van der Waals surface area contributed by atoms with Gasteiger partial charge < -0.3 is 5.32 Å². The lowest BCUT2D eigenvalue weighted by Crippen LogP contribution is -2.27. The lowest BCUT2D eigenvalue weighted by atomic mass is 9.84. The number of nitrogens with one attached hydrogen (secondary N) is 1. The Hall–Kier alpha value is -1.07. The smallest absolute Gasteiger partial charge is 0.238 e. The second-order valence-corrected chi connectivity index (χ2v) is 7.39. The van der Waals surface area contributed by atoms with Crippen LogP contribution < -0.4 is 10.5 Å². The van der Waals surface area contributed by atoms with Crippen molar-refractivity contribution in [3.05, 3.63) is 23.8 Å². The van der Waals surface area contributed by atoms with Gasteiger partial charge in [-0.15, -0.1) is 0 Å². The van der Waals surface area contributed by atoms with Crippen molar-refractivity contribution in [2.75, 3.05) is 5.32 Å². The molecule has 4 nitrogen and oxygen atoms in total. The third kappa shape index (κ3) is 3.73. The topological polar surface area (TPSA) is 72.2 Å². The molecule has 0 bridgehead atoms. The lowest BCUT2D eigenvalue weighted by Gasteiger charge is -2.29. The van der Waals surface area contributed by atoms with Gasteiger partial charge in [-0.1, -0.05) is 25.3 Å². The Morgan fingerprint density at radius 1 is 1.25 bits per heavy atom. The maximum absolute atomic E-state index is 11.5. The van der Waals surface area contributed by atoms with E-state index in [2.05, 4.69) is 12.2 Å². The minimum absolute atomic E-state index is 0.207. The molecule has 0 heterocycles. The molecule has 0 amide bonds. The molecule has 1 atom stereocenters. The van der Waals surface area contributed by atoms with Gasteiger partial charge in [0.05, 0.1) is 4.90 Å². The third-order valence-corrected chi connectivity index (χ3v) is 5.30. The highest BCUT2D eigenvalue weighted by molar-refractivity contribution is 7.89. The first-order valence-corrected chi connectivity index (χ1v) is 8.82. The largest absolute Gasteiger partial charge is 0.382 e. The van der Waals surface area contributed by atoms with Gasteiger partial charge >= 0.3 is 0 Å². The molecular formula is C15H24N2O2S. The van der Waals surface area contributed by atoms with E-state index in [1.54, 1.807) is 19.1 Å². The lowest BCUT2D eigenvalue weighted by molar-refractivity contribution is 0.328. The van der Waals surface area contributed by atoms with Crippen molar-refractivity contribution in [2.24, 2.45) is 11.1 Å². The molecule has 3 N–H and O–H groups in total. The molecule has 1 unspecified atom stereocenters. The summed E-state index contributed by atoms with van der Waals surface area (Å²) in [6, 6.07) is 5.72. The highest BCUT2D eigenvalue weighted by Gasteiger charge is 2.20. The van der Waals surface area contributed by atoms with E-state index < -0.39 is 10.0 Å². The SMILES string of the molecule is Cc1ccc(NC(C)C2CCCCC2)cc1S(N)(=O)=O. The maximum Gasteiger partial charge on any atom is 0.238 e. The van der Waals surface area contributed by atoms with Crippen molar-refractivity contribution < 1.29 is 8.42 Å². The molecule has 1 aromatic carbocycles. The fraction of sp³-hybridized carbons (Fsp3) is 0.600. The first-order chi connectivity index (χ1) is 9.38. The molecular weight excluding hydrogens is 272 g/mol. The maximum atomic E-state index is 11.5. The van der Waals surface area contributed by atoms with Crippen LogP contribution in [0.3, 0.4) is 0 Å². The molecule has 1 fully saturated rings. The summed E-state index contributed by atoms with van der Waals surface area (Å²) in [6.45, 7) is 3.93. The predicted molar refractivity (Wildman–Crippen MR) is 82.2 cm³/mol. The van der Waals surface area contributed by atoms with Crippen molar-refractivity contribution >= 4 is 15.7 Å². The zero-order chi connectivity index (χ0) is 14.8. The number of aryl methyl sites for hydroxylation is 1. The quantitative estimate of drug-likeness (QED) is 0.897. The Bertz CT molecular complexity index is 563. The van der Waals surface area contributed by atoms with Gasteiger partial charge in [0.15, 0.2) is 0 Å². The van der Waals surface area contributed by atoms with Crippen molar-refractivity contribution in [1.82, 2.24) is 0 Å². The number of benzene rings is 1. The Morgan fingerprint density at radius 2 is 1.90 bits per heavy atom. The van der Waals surface area contributed by atoms with Crippen LogP contribution in [0.2, 0.25) is 0 Å². The highest BCUT2D eigenvalue weighted by Crippen LogP contribution is 2.28. The predicted octanol–water partition coefficient (Wildman–Crippen LogP) is 3.02. The van der Waals surface area contributed by atoms with Crippen molar-refractivity contribution in [3.63, 3.8) is 0 Å². The Morgan fingerprint density at radius 3 is 2.50 bits per heavy atom. The number of nitrogens with two attached hydrogens (primary N) is 1. The van der Waals surface area contributed by atoms with E-state index in [4.69, 9.17) is 5.14 Å². The second kappa shape index (κ2) is 6.14. The van der Waals surface area contributed by atoms with E-state index >= 15 is 0 Å². The van der Waals surface area contributed by atoms with Crippen LogP contribution >= 0.6 is 0 Å². The number of hydrogen-bond donors (Lipinski definition) is 2. The zero-order valence-electron chi connectivity index (χ0n) is 12.2. The summed E-state index contributed by atoms with van der Waals surface area (Å²) in [5.74, 6) is 0.669. The standard InChI is InChI=1S/C15H24N2O2S/c1-11-8-9-14(10-15(11)20(16,18)19)17-12(2)13-6-4-3-5-7-13/h8-10,12-13,17H,3-7H2,1-2H3,(H2,16,18,19). The molecule has 2 rings (SSSR count). The molecule has 0 aromatic heterocycles. The molecule has 1 aliphatic carbocycles. The first kappa shape index (κ1) is 15.3. The van der Waals surface area contributed by atoms with E-state index in [9.17, 15) is 8.42 Å². The molecule has 1 aliphatic rings. The molecule has 1 aromatic rings. The van der Waals surface area contributed by atoms with Crippen LogP contribution in [-0.4, -0.2) is 14.5 Å². The molecule has 0 saturated heterocycles. The number of hydrogen-bond acceptors (Lipinski definition) is 3. The number of anilines is 1. The third-order valence-electron chi connectivity index (χ3n) is 4.25. The summed E-state index contributed by atoms with van der Waals surface area (Å²) in [6.07, 6.45) is 6.44. The second-order valence-electron chi connectivity index (χ2n) is 5.86. The Kier molecular flexibility index (Phi) is 4.70. The van der Waals surface area contributed by atoms with Crippen LogP contribution in [0.5, 0.6) is 0 Å². The fourth-order valence-corrected chi connectivity index (χ4v) is 3.82. The molecule has 0 spiro atoms. The van der Waals surface area contributed by atoms with Crippen LogP contribution in [0.25, 0.3) is 0 Å². The molecule has 0 aliphatic heterocycles. The Balaban J connectivity index is 2.13. The molecule has 112 valence electrons. The van der Waals surface area contributed by atoms with E-state index in [1.807, 2.05) is 6.07 Å². The van der Waals surface area contributed by atoms with Gasteiger partial charge in [0, 0.05) is 11.7 Å². The first-order valence-electron chi connectivity index (χ1n) is 7.28. The van der Waals surface area contributed by atoms with E-state index in [0.29, 0.717) is 17.5 Å². The van der Waals surface area contributed by atoms with Gasteiger partial charge in [-0.05, 0) is 50.3 Å². The summed E-state index contributed by atoms with van der Waals surface area (Å²) >= 11 is 0. The highest BCUT2D eigenvalue weighted by atomic mass is 32.2. The van der Waals surface area contributed by atoms with Gasteiger partial charge in [0.2, 0.25) is 10.0 Å². The van der Waals surface area contributed by atoms with Crippen LogP contribution in [0.4, 0.5) is 5.69 Å². The average molecular weight is 296 g/mol. The van der Waals surface area contributed by atoms with Gasteiger partial charge in [0.1, 0.15) is 0 Å².